The molecular weight excluding hydrogens is 513 g/mol. The van der Waals surface area contributed by atoms with Gasteiger partial charge in [-0.15, -0.1) is 11.3 Å². The topological polar surface area (TPSA) is 0 Å². The lowest BCUT2D eigenvalue weighted by atomic mass is 9.72. The van der Waals surface area contributed by atoms with E-state index in [1.165, 1.54) is 80.0 Å². The van der Waals surface area contributed by atoms with Gasteiger partial charge in [0.15, 0.2) is 0 Å². The first-order valence-electron chi connectivity index (χ1n) is 14.4. The van der Waals surface area contributed by atoms with Gasteiger partial charge >= 0.3 is 0 Å². The fraction of sp³-hybridized carbons (Fsp3) is 0.0500. The number of hydrogen-bond acceptors (Lipinski definition) is 1. The van der Waals surface area contributed by atoms with Crippen LogP contribution in [0, 0.1) is 5.92 Å². The van der Waals surface area contributed by atoms with E-state index in [9.17, 15) is 0 Å². The van der Waals surface area contributed by atoms with Crippen LogP contribution in [0.3, 0.4) is 0 Å². The highest BCUT2D eigenvalue weighted by Crippen LogP contribution is 2.44. The molecule has 1 aromatic heterocycles. The lowest BCUT2D eigenvalue weighted by Gasteiger charge is -2.31. The molecule has 2 aliphatic rings. The maximum Gasteiger partial charge on any atom is 0.0361 e. The van der Waals surface area contributed by atoms with Crippen LogP contribution in [0.5, 0.6) is 0 Å². The fourth-order valence-corrected chi connectivity index (χ4v) is 8.29. The predicted octanol–water partition coefficient (Wildman–Crippen LogP) is 9.27. The molecule has 0 nitrogen and oxygen atoms in total. The minimum atomic E-state index is 0.312. The molecule has 1 heteroatoms. The van der Waals surface area contributed by atoms with Crippen molar-refractivity contribution < 1.29 is 0 Å². The molecule has 1 unspecified atom stereocenters. The molecule has 2 aliphatic carbocycles. The molecule has 9 rings (SSSR count). The third-order valence-electron chi connectivity index (χ3n) is 8.99. The van der Waals surface area contributed by atoms with Crippen LogP contribution in [0.15, 0.2) is 145 Å². The van der Waals surface area contributed by atoms with E-state index >= 15 is 0 Å². The first-order chi connectivity index (χ1) is 20.3. The SMILES string of the molecule is C1=CCC2C(=C1)C(c1cccc3ccccc13)=c1ccccc1=C2c1ccc2sc3cc4ccccc4cc3c2c1. The Hall–Kier alpha value is -4.72. The summed E-state index contributed by atoms with van der Waals surface area (Å²) < 4.78 is 2.71. The largest absolute Gasteiger partial charge is 0.135 e. The second-order valence-electron chi connectivity index (χ2n) is 11.2. The van der Waals surface area contributed by atoms with Gasteiger partial charge in [0.2, 0.25) is 0 Å². The van der Waals surface area contributed by atoms with E-state index in [1.807, 2.05) is 11.3 Å². The Morgan fingerprint density at radius 2 is 1.29 bits per heavy atom. The molecule has 0 bridgehead atoms. The van der Waals surface area contributed by atoms with Crippen LogP contribution in [0.2, 0.25) is 0 Å². The summed E-state index contributed by atoms with van der Waals surface area (Å²) in [5.41, 5.74) is 6.92. The Kier molecular flexibility index (Phi) is 5.00. The van der Waals surface area contributed by atoms with Gasteiger partial charge in [0.05, 0.1) is 0 Å². The van der Waals surface area contributed by atoms with Crippen LogP contribution < -0.4 is 10.4 Å². The Morgan fingerprint density at radius 3 is 2.20 bits per heavy atom. The zero-order valence-electron chi connectivity index (χ0n) is 22.5. The van der Waals surface area contributed by atoms with Crippen molar-refractivity contribution in [3.05, 3.63) is 167 Å². The first kappa shape index (κ1) is 23.0. The number of allylic oxidation sites excluding steroid dienone is 4. The van der Waals surface area contributed by atoms with Crippen LogP contribution in [0.1, 0.15) is 17.5 Å². The van der Waals surface area contributed by atoms with Gasteiger partial charge in [-0.2, -0.15) is 0 Å². The van der Waals surface area contributed by atoms with Crippen LogP contribution in [0.4, 0.5) is 0 Å². The molecule has 192 valence electrons. The summed E-state index contributed by atoms with van der Waals surface area (Å²) in [5, 5.41) is 10.6. The zero-order valence-corrected chi connectivity index (χ0v) is 23.3. The molecule has 6 aromatic carbocycles. The number of fused-ring (bicyclic) bond motifs is 7. The van der Waals surface area contributed by atoms with Crippen LogP contribution >= 0.6 is 11.3 Å². The normalized spacial score (nSPS) is 16.4. The number of benzene rings is 6. The molecule has 0 aliphatic heterocycles. The molecular formula is C40H26S. The maximum absolute atomic E-state index is 2.47. The van der Waals surface area contributed by atoms with Crippen molar-refractivity contribution >= 4 is 64.2 Å². The van der Waals surface area contributed by atoms with Crippen molar-refractivity contribution in [3.63, 3.8) is 0 Å². The van der Waals surface area contributed by atoms with Gasteiger partial charge in [-0.05, 0) is 90.5 Å². The predicted molar refractivity (Wildman–Crippen MR) is 177 cm³/mol. The van der Waals surface area contributed by atoms with Crippen LogP contribution in [0.25, 0.3) is 52.9 Å². The van der Waals surface area contributed by atoms with Gasteiger partial charge in [0.1, 0.15) is 0 Å². The summed E-state index contributed by atoms with van der Waals surface area (Å²) in [6.07, 6.45) is 7.97. The summed E-state index contributed by atoms with van der Waals surface area (Å²) >= 11 is 1.90. The average Bonchev–Trinajstić information content (AvgIpc) is 3.39. The van der Waals surface area contributed by atoms with Crippen molar-refractivity contribution in [1.29, 1.82) is 0 Å². The van der Waals surface area contributed by atoms with Gasteiger partial charge in [0.25, 0.3) is 0 Å². The molecule has 7 aromatic rings. The van der Waals surface area contributed by atoms with Crippen molar-refractivity contribution in [2.75, 3.05) is 0 Å². The lowest BCUT2D eigenvalue weighted by Crippen LogP contribution is -2.37. The molecule has 0 saturated carbocycles. The standard InChI is InChI=1S/C40H26S/c1-2-12-27-24-38-36(22-26(27)11-1)35-23-28(20-21-37(35)41-38)39-31-15-5-7-17-33(31)40(34-18-8-6-16-32(34)39)30-19-9-13-25-10-3-4-14-29(25)30/h1-15,17-24,32H,16H2. The second-order valence-corrected chi connectivity index (χ2v) is 12.3. The summed E-state index contributed by atoms with van der Waals surface area (Å²) in [5.74, 6) is 0.312. The van der Waals surface area contributed by atoms with Crippen LogP contribution in [-0.2, 0) is 0 Å². The van der Waals surface area contributed by atoms with Gasteiger partial charge in [0, 0.05) is 26.1 Å². The molecule has 0 radical (unpaired) electrons. The number of thiophene rings is 1. The van der Waals surface area contributed by atoms with Gasteiger partial charge in [-0.1, -0.05) is 115 Å². The van der Waals surface area contributed by atoms with Gasteiger partial charge in [-0.3, -0.25) is 0 Å². The van der Waals surface area contributed by atoms with E-state index < -0.39 is 0 Å². The second kappa shape index (κ2) is 8.89. The van der Waals surface area contributed by atoms with E-state index in [4.69, 9.17) is 0 Å². The Balaban J connectivity index is 1.38. The van der Waals surface area contributed by atoms with Crippen molar-refractivity contribution in [2.24, 2.45) is 5.92 Å². The summed E-state index contributed by atoms with van der Waals surface area (Å²) in [7, 11) is 0. The summed E-state index contributed by atoms with van der Waals surface area (Å²) in [6, 6.07) is 45.2. The van der Waals surface area contributed by atoms with Crippen molar-refractivity contribution in [3.8, 4) is 0 Å². The molecule has 0 fully saturated rings. The van der Waals surface area contributed by atoms with E-state index in [-0.39, 0.29) is 0 Å². The fourth-order valence-electron chi connectivity index (χ4n) is 7.17. The molecule has 0 saturated heterocycles. The number of rotatable bonds is 2. The minimum Gasteiger partial charge on any atom is -0.135 e. The average molecular weight is 539 g/mol. The summed E-state index contributed by atoms with van der Waals surface area (Å²) in [6.45, 7) is 0. The summed E-state index contributed by atoms with van der Waals surface area (Å²) in [4.78, 5) is 0. The first-order valence-corrected chi connectivity index (χ1v) is 15.2. The molecule has 0 N–H and O–H groups in total. The van der Waals surface area contributed by atoms with Crippen LogP contribution in [-0.4, -0.2) is 0 Å². The highest BCUT2D eigenvalue weighted by molar-refractivity contribution is 7.25. The van der Waals surface area contributed by atoms with Crippen molar-refractivity contribution in [1.82, 2.24) is 0 Å². The van der Waals surface area contributed by atoms with E-state index in [1.54, 1.807) is 0 Å². The number of hydrogen-bond donors (Lipinski definition) is 0. The van der Waals surface area contributed by atoms with E-state index in [0.717, 1.165) is 6.42 Å². The van der Waals surface area contributed by atoms with E-state index in [0.29, 0.717) is 5.92 Å². The monoisotopic (exact) mass is 538 g/mol. The maximum atomic E-state index is 2.47. The van der Waals surface area contributed by atoms with E-state index in [2.05, 4.69) is 140 Å². The quantitative estimate of drug-likeness (QED) is 0.206. The molecule has 41 heavy (non-hydrogen) atoms. The third kappa shape index (κ3) is 3.46. The Bertz CT molecular complexity index is 2390. The van der Waals surface area contributed by atoms with Crippen molar-refractivity contribution in [2.45, 2.75) is 6.42 Å². The Morgan fingerprint density at radius 1 is 0.561 bits per heavy atom. The lowest BCUT2D eigenvalue weighted by molar-refractivity contribution is 0.798. The Labute approximate surface area is 242 Å². The molecule has 1 atom stereocenters. The minimum absolute atomic E-state index is 0.312. The van der Waals surface area contributed by atoms with Gasteiger partial charge < -0.3 is 0 Å². The molecule has 1 heterocycles. The third-order valence-corrected chi connectivity index (χ3v) is 10.1. The highest BCUT2D eigenvalue weighted by atomic mass is 32.1. The molecule has 0 spiro atoms. The highest BCUT2D eigenvalue weighted by Gasteiger charge is 2.30. The zero-order chi connectivity index (χ0) is 26.9. The smallest absolute Gasteiger partial charge is 0.0361 e. The van der Waals surface area contributed by atoms with Gasteiger partial charge in [-0.25, -0.2) is 0 Å². The molecule has 0 amide bonds.